The lowest BCUT2D eigenvalue weighted by Crippen LogP contribution is -2.35. The van der Waals surface area contributed by atoms with Gasteiger partial charge in [0.15, 0.2) is 5.88 Å². The van der Waals surface area contributed by atoms with E-state index in [1.54, 1.807) is 6.07 Å². The number of furan rings is 1. The first kappa shape index (κ1) is 17.8. The molecule has 1 aromatic heterocycles. The minimum absolute atomic E-state index is 0.00987. The number of ether oxygens (including phenoxy) is 1. The van der Waals surface area contributed by atoms with Gasteiger partial charge in [-0.2, -0.15) is 5.26 Å². The summed E-state index contributed by atoms with van der Waals surface area (Å²) in [5, 5.41) is 12.2. The van der Waals surface area contributed by atoms with Crippen LogP contribution in [0.25, 0.3) is 6.08 Å². The molecule has 6 nitrogen and oxygen atoms in total. The number of amides is 1. The molecule has 0 aliphatic carbocycles. The second kappa shape index (κ2) is 8.37. The lowest BCUT2D eigenvalue weighted by atomic mass is 10.1. The zero-order valence-corrected chi connectivity index (χ0v) is 14.6. The molecule has 1 amide bonds. The van der Waals surface area contributed by atoms with E-state index in [1.165, 1.54) is 6.08 Å². The van der Waals surface area contributed by atoms with Crippen molar-refractivity contribution in [2.45, 2.75) is 13.0 Å². The molecular weight excluding hydrogens is 330 g/mol. The molecule has 0 spiro atoms. The second-order valence-electron chi connectivity index (χ2n) is 6.05. The van der Waals surface area contributed by atoms with Crippen molar-refractivity contribution in [3.63, 3.8) is 0 Å². The number of anilines is 1. The third kappa shape index (κ3) is 4.32. The number of carbonyl (C=O) groups is 1. The van der Waals surface area contributed by atoms with Gasteiger partial charge in [-0.15, -0.1) is 0 Å². The fraction of sp³-hybridized carbons (Fsp3) is 0.300. The van der Waals surface area contributed by atoms with Gasteiger partial charge in [0.2, 0.25) is 0 Å². The van der Waals surface area contributed by atoms with E-state index >= 15 is 0 Å². The fourth-order valence-corrected chi connectivity index (χ4v) is 2.76. The van der Waals surface area contributed by atoms with Crippen LogP contribution in [0.3, 0.4) is 0 Å². The van der Waals surface area contributed by atoms with Gasteiger partial charge in [0.25, 0.3) is 5.91 Å². The average molecular weight is 351 g/mol. The normalized spacial score (nSPS) is 16.0. The molecule has 1 aliphatic heterocycles. The summed E-state index contributed by atoms with van der Waals surface area (Å²) in [4.78, 5) is 14.5. The largest absolute Gasteiger partial charge is 0.441 e. The Balaban J connectivity index is 1.68. The maximum absolute atomic E-state index is 12.4. The van der Waals surface area contributed by atoms with Crippen LogP contribution in [0.5, 0.6) is 0 Å². The maximum atomic E-state index is 12.4. The van der Waals surface area contributed by atoms with Crippen LogP contribution in [0.4, 0.5) is 5.88 Å². The van der Waals surface area contributed by atoms with E-state index in [2.05, 4.69) is 10.2 Å². The number of nitriles is 1. The molecule has 1 aromatic carbocycles. The Kier molecular flexibility index (Phi) is 5.72. The quantitative estimate of drug-likeness (QED) is 0.662. The lowest BCUT2D eigenvalue weighted by molar-refractivity contribution is -0.117. The van der Waals surface area contributed by atoms with Crippen LogP contribution in [0.2, 0.25) is 0 Å². The van der Waals surface area contributed by atoms with Crippen LogP contribution in [0.1, 0.15) is 24.3 Å². The van der Waals surface area contributed by atoms with Gasteiger partial charge in [-0.3, -0.25) is 4.79 Å². The van der Waals surface area contributed by atoms with Crippen LogP contribution in [0, 0.1) is 11.3 Å². The Bertz CT molecular complexity index is 814. The van der Waals surface area contributed by atoms with E-state index in [1.807, 2.05) is 49.4 Å². The molecule has 6 heteroatoms. The third-order valence-corrected chi connectivity index (χ3v) is 4.23. The maximum Gasteiger partial charge on any atom is 0.262 e. The van der Waals surface area contributed by atoms with Crippen LogP contribution >= 0.6 is 0 Å². The van der Waals surface area contributed by atoms with Crippen molar-refractivity contribution in [3.8, 4) is 6.07 Å². The van der Waals surface area contributed by atoms with Gasteiger partial charge in [-0.05, 0) is 18.6 Å². The molecule has 1 unspecified atom stereocenters. The Hall–Kier alpha value is -3.04. The number of rotatable bonds is 5. The molecule has 134 valence electrons. The SMILES string of the molecule is CC(NC(=O)/C(C#N)=C/c1ccc(N2CCOCC2)o1)c1ccccc1. The lowest BCUT2D eigenvalue weighted by Gasteiger charge is -2.26. The number of hydrogen-bond acceptors (Lipinski definition) is 5. The van der Waals surface area contributed by atoms with Crippen molar-refractivity contribution in [1.82, 2.24) is 5.32 Å². The summed E-state index contributed by atoms with van der Waals surface area (Å²) in [5.74, 6) is 0.772. The van der Waals surface area contributed by atoms with E-state index in [-0.39, 0.29) is 11.6 Å². The summed E-state index contributed by atoms with van der Waals surface area (Å²) >= 11 is 0. The summed E-state index contributed by atoms with van der Waals surface area (Å²) in [6, 6.07) is 15.0. The van der Waals surface area contributed by atoms with Crippen molar-refractivity contribution in [1.29, 1.82) is 5.26 Å². The summed E-state index contributed by atoms with van der Waals surface area (Å²) in [6.07, 6.45) is 1.47. The average Bonchev–Trinajstić information content (AvgIpc) is 3.16. The van der Waals surface area contributed by atoms with Gasteiger partial charge in [-0.1, -0.05) is 30.3 Å². The highest BCUT2D eigenvalue weighted by Gasteiger charge is 2.17. The zero-order chi connectivity index (χ0) is 18.4. The number of morpholine rings is 1. The number of benzene rings is 1. The molecule has 26 heavy (non-hydrogen) atoms. The Labute approximate surface area is 152 Å². The molecule has 2 heterocycles. The summed E-state index contributed by atoms with van der Waals surface area (Å²) in [5.41, 5.74) is 0.987. The highest BCUT2D eigenvalue weighted by Crippen LogP contribution is 2.21. The zero-order valence-electron chi connectivity index (χ0n) is 14.6. The summed E-state index contributed by atoms with van der Waals surface area (Å²) in [7, 11) is 0. The van der Waals surface area contributed by atoms with Gasteiger partial charge in [0.05, 0.1) is 19.3 Å². The molecule has 1 aliphatic rings. The molecule has 1 fully saturated rings. The van der Waals surface area contributed by atoms with Crippen LogP contribution < -0.4 is 10.2 Å². The van der Waals surface area contributed by atoms with E-state index < -0.39 is 5.91 Å². The molecule has 1 N–H and O–H groups in total. The van der Waals surface area contributed by atoms with E-state index in [0.717, 1.165) is 24.5 Å². The Morgan fingerprint density at radius 1 is 1.23 bits per heavy atom. The highest BCUT2D eigenvalue weighted by atomic mass is 16.5. The molecule has 3 rings (SSSR count). The first-order chi connectivity index (χ1) is 12.7. The van der Waals surface area contributed by atoms with Crippen molar-refractivity contribution in [3.05, 3.63) is 59.4 Å². The van der Waals surface area contributed by atoms with E-state index in [4.69, 9.17) is 9.15 Å². The predicted molar refractivity (Wildman–Crippen MR) is 98.3 cm³/mol. The molecule has 2 aromatic rings. The standard InChI is InChI=1S/C20H21N3O3/c1-15(16-5-3-2-4-6-16)22-20(24)17(14-21)13-18-7-8-19(26-18)23-9-11-25-12-10-23/h2-8,13,15H,9-12H2,1H3,(H,22,24)/b17-13+. The van der Waals surface area contributed by atoms with E-state index in [9.17, 15) is 10.1 Å². The van der Waals surface area contributed by atoms with Crippen molar-refractivity contribution in [2.24, 2.45) is 0 Å². The van der Waals surface area contributed by atoms with Gasteiger partial charge < -0.3 is 19.4 Å². The molecule has 0 bridgehead atoms. The highest BCUT2D eigenvalue weighted by molar-refractivity contribution is 6.01. The summed E-state index contributed by atoms with van der Waals surface area (Å²) in [6.45, 7) is 4.73. The number of carbonyl (C=O) groups excluding carboxylic acids is 1. The second-order valence-corrected chi connectivity index (χ2v) is 6.05. The molecule has 1 saturated heterocycles. The van der Waals surface area contributed by atoms with Gasteiger partial charge in [-0.25, -0.2) is 0 Å². The minimum atomic E-state index is -0.423. The summed E-state index contributed by atoms with van der Waals surface area (Å²) < 4.78 is 11.1. The number of nitrogens with one attached hydrogen (secondary N) is 1. The van der Waals surface area contributed by atoms with Crippen LogP contribution in [0.15, 0.2) is 52.5 Å². The molecule has 0 radical (unpaired) electrons. The molecule has 1 atom stereocenters. The molecule has 0 saturated carbocycles. The van der Waals surface area contributed by atoms with Gasteiger partial charge in [0, 0.05) is 25.2 Å². The number of nitrogens with zero attached hydrogens (tertiary/aromatic N) is 2. The smallest absolute Gasteiger partial charge is 0.262 e. The van der Waals surface area contributed by atoms with Crippen molar-refractivity contribution in [2.75, 3.05) is 31.2 Å². The Morgan fingerprint density at radius 2 is 1.96 bits per heavy atom. The van der Waals surface area contributed by atoms with Crippen LogP contribution in [-0.2, 0) is 9.53 Å². The van der Waals surface area contributed by atoms with Gasteiger partial charge >= 0.3 is 0 Å². The van der Waals surface area contributed by atoms with Crippen molar-refractivity contribution < 1.29 is 13.9 Å². The first-order valence-electron chi connectivity index (χ1n) is 8.57. The predicted octanol–water partition coefficient (Wildman–Crippen LogP) is 2.90. The number of hydrogen-bond donors (Lipinski definition) is 1. The van der Waals surface area contributed by atoms with Gasteiger partial charge in [0.1, 0.15) is 17.4 Å². The monoisotopic (exact) mass is 351 g/mol. The fourth-order valence-electron chi connectivity index (χ4n) is 2.76. The first-order valence-corrected chi connectivity index (χ1v) is 8.57. The van der Waals surface area contributed by atoms with Crippen LogP contribution in [-0.4, -0.2) is 32.2 Å². The van der Waals surface area contributed by atoms with Crippen molar-refractivity contribution >= 4 is 17.9 Å². The topological polar surface area (TPSA) is 78.5 Å². The third-order valence-electron chi connectivity index (χ3n) is 4.23. The minimum Gasteiger partial charge on any atom is -0.441 e. The molecular formula is C20H21N3O3. The Morgan fingerprint density at radius 3 is 2.65 bits per heavy atom. The van der Waals surface area contributed by atoms with E-state index in [0.29, 0.717) is 19.0 Å².